The lowest BCUT2D eigenvalue weighted by molar-refractivity contribution is 0.545. The van der Waals surface area contributed by atoms with E-state index in [1.807, 2.05) is 0 Å². The monoisotopic (exact) mass is 328 g/mol. The third kappa shape index (κ3) is 11.5. The lowest BCUT2D eigenvalue weighted by Crippen LogP contribution is -1.87. The lowest BCUT2D eigenvalue weighted by Gasteiger charge is -2.05. The van der Waals surface area contributed by atoms with Crippen LogP contribution in [0.4, 0.5) is 0 Å². The normalized spacial score (nSPS) is 12.8. The molecule has 0 heterocycles. The van der Waals surface area contributed by atoms with E-state index in [1.54, 1.807) is 0 Å². The molecule has 24 heavy (non-hydrogen) atoms. The van der Waals surface area contributed by atoms with Crippen LogP contribution in [0.25, 0.3) is 0 Å². The number of hydrogen-bond donors (Lipinski definition) is 0. The van der Waals surface area contributed by atoms with Crippen molar-refractivity contribution in [2.24, 2.45) is 0 Å². The highest BCUT2D eigenvalue weighted by Gasteiger charge is 1.98. The Labute approximate surface area is 151 Å². The fraction of sp³-hybridized carbons (Fsp3) is 0.667. The van der Waals surface area contributed by atoms with Gasteiger partial charge in [-0.2, -0.15) is 0 Å². The highest BCUT2D eigenvalue weighted by Crippen LogP contribution is 2.17. The molecule has 0 amide bonds. The molecule has 0 saturated heterocycles. The molecule has 0 bridgehead atoms. The zero-order valence-corrected chi connectivity index (χ0v) is 16.3. The summed E-state index contributed by atoms with van der Waals surface area (Å²) in [5.74, 6) is 0.545. The largest absolute Gasteiger partial charge is 0.0879 e. The maximum absolute atomic E-state index is 2.38. The second kappa shape index (κ2) is 15.5. The number of unbranched alkanes of at least 4 members (excludes halogenated alkanes) is 12. The highest BCUT2D eigenvalue weighted by molar-refractivity contribution is 5.22. The van der Waals surface area contributed by atoms with Crippen molar-refractivity contribution in [2.75, 3.05) is 0 Å². The van der Waals surface area contributed by atoms with Gasteiger partial charge in [-0.25, -0.2) is 0 Å². The van der Waals surface area contributed by atoms with Crippen molar-refractivity contribution < 1.29 is 0 Å². The van der Waals surface area contributed by atoms with Crippen molar-refractivity contribution in [2.45, 2.75) is 103 Å². The van der Waals surface area contributed by atoms with Crippen LogP contribution in [0.15, 0.2) is 42.5 Å². The summed E-state index contributed by atoms with van der Waals surface area (Å²) in [6.07, 6.45) is 23.2. The van der Waals surface area contributed by atoms with Gasteiger partial charge < -0.3 is 0 Å². The first-order valence-electron chi connectivity index (χ1n) is 10.6. The minimum Gasteiger partial charge on any atom is -0.0879 e. The van der Waals surface area contributed by atoms with E-state index in [0.29, 0.717) is 5.92 Å². The minimum absolute atomic E-state index is 0.545. The SMILES string of the molecule is CCCCCCCCCCCCCC/C=C/C(C)c1ccccc1. The van der Waals surface area contributed by atoms with Crippen LogP contribution in [0.3, 0.4) is 0 Å². The average Bonchev–Trinajstić information content (AvgIpc) is 2.62. The summed E-state index contributed by atoms with van der Waals surface area (Å²) in [5, 5.41) is 0. The van der Waals surface area contributed by atoms with Crippen LogP contribution in [0.5, 0.6) is 0 Å². The quantitative estimate of drug-likeness (QED) is 0.224. The molecule has 136 valence electrons. The fourth-order valence-corrected chi connectivity index (χ4v) is 3.27. The summed E-state index contributed by atoms with van der Waals surface area (Å²) in [5.41, 5.74) is 1.42. The van der Waals surface area contributed by atoms with Gasteiger partial charge in [-0.3, -0.25) is 0 Å². The van der Waals surface area contributed by atoms with Crippen LogP contribution < -0.4 is 0 Å². The molecule has 0 radical (unpaired) electrons. The molecule has 0 aliphatic heterocycles. The third-order valence-corrected chi connectivity index (χ3v) is 4.97. The van der Waals surface area contributed by atoms with Crippen molar-refractivity contribution in [3.63, 3.8) is 0 Å². The van der Waals surface area contributed by atoms with Gasteiger partial charge in [0.15, 0.2) is 0 Å². The van der Waals surface area contributed by atoms with Crippen LogP contribution in [-0.4, -0.2) is 0 Å². The first-order valence-corrected chi connectivity index (χ1v) is 10.6. The second-order valence-corrected chi connectivity index (χ2v) is 7.31. The van der Waals surface area contributed by atoms with E-state index in [2.05, 4.69) is 56.3 Å². The summed E-state index contributed by atoms with van der Waals surface area (Å²) >= 11 is 0. The summed E-state index contributed by atoms with van der Waals surface area (Å²) in [4.78, 5) is 0. The second-order valence-electron chi connectivity index (χ2n) is 7.31. The molecule has 0 fully saturated rings. The lowest BCUT2D eigenvalue weighted by atomic mass is 10.00. The van der Waals surface area contributed by atoms with Crippen molar-refractivity contribution in [1.29, 1.82) is 0 Å². The van der Waals surface area contributed by atoms with E-state index >= 15 is 0 Å². The zero-order valence-electron chi connectivity index (χ0n) is 16.3. The molecule has 0 N–H and O–H groups in total. The van der Waals surface area contributed by atoms with Crippen LogP contribution in [0.1, 0.15) is 109 Å². The van der Waals surface area contributed by atoms with E-state index in [9.17, 15) is 0 Å². The Kier molecular flexibility index (Phi) is 13.6. The first-order chi connectivity index (χ1) is 11.8. The Bertz CT molecular complexity index is 390. The molecule has 1 aromatic carbocycles. The topological polar surface area (TPSA) is 0 Å². The molecule has 0 aliphatic rings. The first kappa shape index (κ1) is 21.0. The average molecular weight is 329 g/mol. The van der Waals surface area contributed by atoms with Gasteiger partial charge in [-0.15, -0.1) is 0 Å². The van der Waals surface area contributed by atoms with Crippen LogP contribution >= 0.6 is 0 Å². The Balaban J connectivity index is 1.86. The molecule has 1 unspecified atom stereocenters. The maximum atomic E-state index is 2.38. The van der Waals surface area contributed by atoms with Gasteiger partial charge in [0.2, 0.25) is 0 Å². The van der Waals surface area contributed by atoms with Gasteiger partial charge in [-0.1, -0.05) is 127 Å². The molecular formula is C24H40. The number of allylic oxidation sites excluding steroid dienone is 2. The van der Waals surface area contributed by atoms with Crippen LogP contribution in [0, 0.1) is 0 Å². The van der Waals surface area contributed by atoms with Crippen molar-refractivity contribution >= 4 is 0 Å². The molecule has 1 atom stereocenters. The van der Waals surface area contributed by atoms with E-state index in [4.69, 9.17) is 0 Å². The number of benzene rings is 1. The Morgan fingerprint density at radius 2 is 1.21 bits per heavy atom. The van der Waals surface area contributed by atoms with E-state index in [0.717, 1.165) is 0 Å². The number of rotatable bonds is 15. The van der Waals surface area contributed by atoms with E-state index in [-0.39, 0.29) is 0 Å². The molecule has 0 nitrogen and oxygen atoms in total. The highest BCUT2D eigenvalue weighted by atomic mass is 14.0. The fourth-order valence-electron chi connectivity index (χ4n) is 3.27. The van der Waals surface area contributed by atoms with E-state index < -0.39 is 0 Å². The summed E-state index contributed by atoms with van der Waals surface area (Å²) in [7, 11) is 0. The van der Waals surface area contributed by atoms with Gasteiger partial charge in [-0.05, 0) is 24.3 Å². The predicted octanol–water partition coefficient (Wildman–Crippen LogP) is 8.44. The van der Waals surface area contributed by atoms with Crippen molar-refractivity contribution in [3.05, 3.63) is 48.0 Å². The minimum atomic E-state index is 0.545. The summed E-state index contributed by atoms with van der Waals surface area (Å²) in [6, 6.07) is 10.8. The Morgan fingerprint density at radius 3 is 1.75 bits per heavy atom. The molecule has 0 heteroatoms. The molecule has 0 spiro atoms. The predicted molar refractivity (Wildman–Crippen MR) is 110 cm³/mol. The zero-order chi connectivity index (χ0) is 17.3. The van der Waals surface area contributed by atoms with Crippen LogP contribution in [-0.2, 0) is 0 Å². The summed E-state index contributed by atoms with van der Waals surface area (Å²) in [6.45, 7) is 4.58. The number of hydrogen-bond acceptors (Lipinski definition) is 0. The van der Waals surface area contributed by atoms with Gasteiger partial charge in [0.25, 0.3) is 0 Å². The van der Waals surface area contributed by atoms with Gasteiger partial charge in [0.05, 0.1) is 0 Å². The van der Waals surface area contributed by atoms with Crippen LogP contribution in [0.2, 0.25) is 0 Å². The maximum Gasteiger partial charge on any atom is -0.00104 e. The standard InChI is InChI=1S/C24H40/c1-3-4-5-6-7-8-9-10-11-12-13-14-15-17-20-23(2)24-21-18-16-19-22-24/h16-23H,3-15H2,1-2H3/b20-17+. The molecule has 0 aliphatic carbocycles. The Morgan fingerprint density at radius 1 is 0.708 bits per heavy atom. The summed E-state index contributed by atoms with van der Waals surface area (Å²) < 4.78 is 0. The van der Waals surface area contributed by atoms with Crippen molar-refractivity contribution in [3.8, 4) is 0 Å². The van der Waals surface area contributed by atoms with Gasteiger partial charge in [0.1, 0.15) is 0 Å². The van der Waals surface area contributed by atoms with Gasteiger partial charge >= 0.3 is 0 Å². The molecule has 0 aromatic heterocycles. The van der Waals surface area contributed by atoms with Gasteiger partial charge in [0, 0.05) is 0 Å². The molecular weight excluding hydrogens is 288 g/mol. The molecule has 0 saturated carbocycles. The third-order valence-electron chi connectivity index (χ3n) is 4.97. The van der Waals surface area contributed by atoms with Crippen molar-refractivity contribution in [1.82, 2.24) is 0 Å². The molecule has 1 aromatic rings. The Hall–Kier alpha value is -1.04. The molecule has 1 rings (SSSR count). The smallest absolute Gasteiger partial charge is 0.00104 e. The van der Waals surface area contributed by atoms with E-state index in [1.165, 1.54) is 89.0 Å².